The number of carbonyl (C=O) groups excluding carboxylic acids is 1. The van der Waals surface area contributed by atoms with Gasteiger partial charge < -0.3 is 10.1 Å². The molecule has 6 rings (SSSR count). The maximum absolute atomic E-state index is 12.5. The number of hydrogen-bond donors (Lipinski definition) is 1. The molecule has 1 aromatic heterocycles. The van der Waals surface area contributed by atoms with Gasteiger partial charge in [0.2, 0.25) is 0 Å². The molecule has 0 radical (unpaired) electrons. The zero-order valence-corrected chi connectivity index (χ0v) is 19.7. The smallest absolute Gasteiger partial charge is 0.251 e. The Morgan fingerprint density at radius 3 is 2.29 bits per heavy atom. The van der Waals surface area contributed by atoms with Crippen molar-refractivity contribution in [3.8, 4) is 5.75 Å². The molecular formula is C30H32N2O2. The normalized spacial score (nSPS) is 26.3. The number of hydrogen-bond acceptors (Lipinski definition) is 3. The molecule has 0 spiro atoms. The van der Waals surface area contributed by atoms with Gasteiger partial charge in [0.15, 0.2) is 0 Å². The minimum Gasteiger partial charge on any atom is -0.484 e. The fourth-order valence-electron chi connectivity index (χ4n) is 6.33. The molecule has 3 aliphatic carbocycles. The molecule has 0 aliphatic heterocycles. The van der Waals surface area contributed by atoms with Crippen LogP contribution in [0.5, 0.6) is 5.75 Å². The Morgan fingerprint density at radius 2 is 1.71 bits per heavy atom. The first-order valence-corrected chi connectivity index (χ1v) is 12.7. The van der Waals surface area contributed by atoms with Crippen LogP contribution in [0.2, 0.25) is 0 Å². The van der Waals surface area contributed by atoms with Crippen LogP contribution in [-0.2, 0) is 5.41 Å². The van der Waals surface area contributed by atoms with E-state index in [1.165, 1.54) is 36.8 Å². The second-order valence-corrected chi connectivity index (χ2v) is 10.4. The topological polar surface area (TPSA) is 51.2 Å². The van der Waals surface area contributed by atoms with Crippen molar-refractivity contribution in [3.05, 3.63) is 95.3 Å². The molecule has 1 amide bonds. The van der Waals surface area contributed by atoms with Crippen LogP contribution in [0.1, 0.15) is 78.7 Å². The third-order valence-electron chi connectivity index (χ3n) is 8.21. The number of carbonyl (C=O) groups is 1. The summed E-state index contributed by atoms with van der Waals surface area (Å²) in [6, 6.07) is 23.5. The van der Waals surface area contributed by atoms with E-state index in [-0.39, 0.29) is 17.4 Å². The highest BCUT2D eigenvalue weighted by atomic mass is 16.5. The molecule has 1 unspecified atom stereocenters. The highest BCUT2D eigenvalue weighted by Crippen LogP contribution is 2.60. The highest BCUT2D eigenvalue weighted by molar-refractivity contribution is 5.94. The lowest BCUT2D eigenvalue weighted by Gasteiger charge is -2.39. The van der Waals surface area contributed by atoms with E-state index in [1.54, 1.807) is 6.20 Å². The number of pyridine rings is 1. The van der Waals surface area contributed by atoms with Gasteiger partial charge in [-0.05, 0) is 98.4 Å². The van der Waals surface area contributed by atoms with Crippen molar-refractivity contribution in [2.45, 2.75) is 63.0 Å². The van der Waals surface area contributed by atoms with Crippen LogP contribution in [0.25, 0.3) is 0 Å². The van der Waals surface area contributed by atoms with Crippen LogP contribution in [0.15, 0.2) is 72.9 Å². The Hall–Kier alpha value is -3.14. The molecule has 174 valence electrons. The van der Waals surface area contributed by atoms with Crippen LogP contribution in [-0.4, -0.2) is 16.9 Å². The van der Waals surface area contributed by atoms with Gasteiger partial charge in [-0.1, -0.05) is 36.8 Å². The summed E-state index contributed by atoms with van der Waals surface area (Å²) >= 11 is 0. The Morgan fingerprint density at radius 1 is 0.971 bits per heavy atom. The molecule has 3 aromatic rings. The number of ether oxygens (including phenoxy) is 1. The van der Waals surface area contributed by atoms with Crippen molar-refractivity contribution in [3.63, 3.8) is 0 Å². The summed E-state index contributed by atoms with van der Waals surface area (Å²) in [5.74, 6) is 2.37. The molecule has 0 saturated heterocycles. The summed E-state index contributed by atoms with van der Waals surface area (Å²) in [6.07, 6.45) is 9.04. The lowest BCUT2D eigenvalue weighted by Crippen LogP contribution is -2.34. The van der Waals surface area contributed by atoms with Crippen molar-refractivity contribution < 1.29 is 9.53 Å². The highest BCUT2D eigenvalue weighted by Gasteiger charge is 2.52. The Balaban J connectivity index is 1.26. The second-order valence-electron chi connectivity index (χ2n) is 10.4. The summed E-state index contributed by atoms with van der Waals surface area (Å²) in [6.45, 7) is 2.04. The molecule has 3 fully saturated rings. The molecule has 3 aliphatic rings. The lowest BCUT2D eigenvalue weighted by molar-refractivity contribution is 0.0951. The number of nitrogens with one attached hydrogen (secondary N) is 1. The number of aromatic nitrogens is 1. The Kier molecular flexibility index (Phi) is 5.40. The number of fused-ring (bicyclic) bond motifs is 2. The number of amides is 1. The van der Waals surface area contributed by atoms with E-state index in [2.05, 4.69) is 46.7 Å². The summed E-state index contributed by atoms with van der Waals surface area (Å²) in [5, 5.41) is 3.10. The van der Waals surface area contributed by atoms with Crippen LogP contribution < -0.4 is 10.1 Å². The summed E-state index contributed by atoms with van der Waals surface area (Å²) in [5.41, 5.74) is 4.44. The molecule has 1 heterocycles. The first kappa shape index (κ1) is 21.4. The van der Waals surface area contributed by atoms with Gasteiger partial charge in [0, 0.05) is 23.2 Å². The third kappa shape index (κ3) is 3.89. The Labute approximate surface area is 201 Å². The number of benzene rings is 2. The molecule has 3 saturated carbocycles. The van der Waals surface area contributed by atoms with Crippen molar-refractivity contribution in [2.75, 3.05) is 0 Å². The van der Waals surface area contributed by atoms with Gasteiger partial charge in [-0.3, -0.25) is 9.78 Å². The van der Waals surface area contributed by atoms with Gasteiger partial charge in [0.1, 0.15) is 11.9 Å². The van der Waals surface area contributed by atoms with Crippen LogP contribution in [0, 0.1) is 11.8 Å². The Bertz CT molecular complexity index is 1150. The third-order valence-corrected chi connectivity index (χ3v) is 8.21. The molecule has 4 atom stereocenters. The zero-order chi connectivity index (χ0) is 23.1. The minimum absolute atomic E-state index is 0.0273. The maximum atomic E-state index is 12.5. The molecule has 2 aromatic carbocycles. The predicted octanol–water partition coefficient (Wildman–Crippen LogP) is 6.22. The predicted molar refractivity (Wildman–Crippen MR) is 133 cm³/mol. The average Bonchev–Trinajstić information content (AvgIpc) is 3.45. The van der Waals surface area contributed by atoms with Crippen LogP contribution in [0.4, 0.5) is 0 Å². The van der Waals surface area contributed by atoms with Crippen molar-refractivity contribution in [1.29, 1.82) is 0 Å². The first-order valence-electron chi connectivity index (χ1n) is 12.7. The molecule has 1 N–H and O–H groups in total. The molecule has 34 heavy (non-hydrogen) atoms. The van der Waals surface area contributed by atoms with E-state index in [4.69, 9.17) is 4.74 Å². The first-order chi connectivity index (χ1) is 16.6. The maximum Gasteiger partial charge on any atom is 0.251 e. The summed E-state index contributed by atoms with van der Waals surface area (Å²) in [7, 11) is 0. The summed E-state index contributed by atoms with van der Waals surface area (Å²) < 4.78 is 6.19. The van der Waals surface area contributed by atoms with E-state index >= 15 is 0 Å². The zero-order valence-electron chi connectivity index (χ0n) is 19.7. The van der Waals surface area contributed by atoms with Crippen molar-refractivity contribution in [1.82, 2.24) is 10.3 Å². The molecule has 2 bridgehead atoms. The summed E-state index contributed by atoms with van der Waals surface area (Å²) in [4.78, 5) is 16.9. The average molecular weight is 453 g/mol. The van der Waals surface area contributed by atoms with E-state index in [0.717, 1.165) is 35.8 Å². The van der Waals surface area contributed by atoms with Gasteiger partial charge >= 0.3 is 0 Å². The van der Waals surface area contributed by atoms with Gasteiger partial charge in [-0.2, -0.15) is 0 Å². The van der Waals surface area contributed by atoms with E-state index < -0.39 is 0 Å². The van der Waals surface area contributed by atoms with Gasteiger partial charge in [0.05, 0.1) is 5.69 Å². The van der Waals surface area contributed by atoms with E-state index in [0.29, 0.717) is 12.0 Å². The molecular weight excluding hydrogens is 420 g/mol. The SMILES string of the molecule is CC(Oc1ccc([C@@]2(c3ccc(C(=O)NC4CC4)cc3)C[C@@H]3CC[C@H]2C3)cc1)c1ccccn1. The van der Waals surface area contributed by atoms with Gasteiger partial charge in [0.25, 0.3) is 5.91 Å². The van der Waals surface area contributed by atoms with Crippen molar-refractivity contribution >= 4 is 5.91 Å². The van der Waals surface area contributed by atoms with E-state index in [9.17, 15) is 4.79 Å². The van der Waals surface area contributed by atoms with Gasteiger partial charge in [-0.25, -0.2) is 0 Å². The standard InChI is InChI=1S/C30H32N2O2/c1-20(28-4-2-3-17-31-28)34-27-15-11-24(12-16-27)30(19-21-5-8-25(30)18-21)23-9-6-22(7-10-23)29(33)32-26-13-14-26/h2-4,6-7,9-12,15-17,20-21,25-26H,5,8,13-14,18-19H2,1H3,(H,32,33)/t20?,21-,25+,30+/m1/s1. The van der Waals surface area contributed by atoms with E-state index in [1.807, 2.05) is 37.3 Å². The quantitative estimate of drug-likeness (QED) is 0.463. The van der Waals surface area contributed by atoms with Gasteiger partial charge in [-0.15, -0.1) is 0 Å². The molecule has 4 nitrogen and oxygen atoms in total. The number of rotatable bonds is 7. The van der Waals surface area contributed by atoms with Crippen molar-refractivity contribution in [2.24, 2.45) is 11.8 Å². The lowest BCUT2D eigenvalue weighted by atomic mass is 9.64. The van der Waals surface area contributed by atoms with Crippen LogP contribution >= 0.6 is 0 Å². The molecule has 4 heteroatoms. The minimum atomic E-state index is -0.0992. The monoisotopic (exact) mass is 452 g/mol. The van der Waals surface area contributed by atoms with Crippen LogP contribution in [0.3, 0.4) is 0 Å². The number of nitrogens with zero attached hydrogens (tertiary/aromatic N) is 1. The fraction of sp³-hybridized carbons (Fsp3) is 0.400. The second kappa shape index (κ2) is 8.57. The largest absolute Gasteiger partial charge is 0.484 e. The fourth-order valence-corrected chi connectivity index (χ4v) is 6.33.